The molecule has 5 heteroatoms. The third-order valence-electron chi connectivity index (χ3n) is 4.15. The number of hydrazone groups is 1. The van der Waals surface area contributed by atoms with Gasteiger partial charge in [-0.15, -0.1) is 0 Å². The molecular weight excluding hydrogens is 312 g/mol. The predicted octanol–water partition coefficient (Wildman–Crippen LogP) is 3.59. The van der Waals surface area contributed by atoms with Crippen LogP contribution in [0.25, 0.3) is 0 Å². The first-order valence-corrected chi connectivity index (χ1v) is 7.77. The number of carbonyl (C=O) groups excluding carboxylic acids is 1. The largest absolute Gasteiger partial charge is 0.507 e. The molecule has 1 unspecified atom stereocenters. The summed E-state index contributed by atoms with van der Waals surface area (Å²) in [4.78, 5) is 12.9. The molecular formula is C18H17ClN2O2. The van der Waals surface area contributed by atoms with Crippen LogP contribution in [0.2, 0.25) is 5.02 Å². The molecule has 2 aromatic rings. The standard InChI is InChI=1S/C18H17ClN2O2/c1-10-8-14(22)15(11(2)16(10)19)18(23)17-13(9-20-21-17)12-6-4-3-5-7-12/h3-8,13,20,22H,9H2,1-2H3. The number of phenols is 1. The first-order chi connectivity index (χ1) is 11.0. The minimum absolute atomic E-state index is 0.0594. The van der Waals surface area contributed by atoms with E-state index in [0.29, 0.717) is 22.8 Å². The number of ketones is 1. The summed E-state index contributed by atoms with van der Waals surface area (Å²) < 4.78 is 0. The van der Waals surface area contributed by atoms with Crippen molar-refractivity contribution in [3.8, 4) is 5.75 Å². The van der Waals surface area contributed by atoms with Gasteiger partial charge in [0.1, 0.15) is 11.5 Å². The number of rotatable bonds is 3. The topological polar surface area (TPSA) is 61.7 Å². The molecule has 23 heavy (non-hydrogen) atoms. The van der Waals surface area contributed by atoms with Crippen LogP contribution in [-0.4, -0.2) is 23.1 Å². The zero-order valence-electron chi connectivity index (χ0n) is 12.9. The second-order valence-corrected chi connectivity index (χ2v) is 6.06. The number of nitrogens with zero attached hydrogens (tertiary/aromatic N) is 1. The Morgan fingerprint density at radius 2 is 2.00 bits per heavy atom. The predicted molar refractivity (Wildman–Crippen MR) is 91.5 cm³/mol. The minimum atomic E-state index is -0.291. The third-order valence-corrected chi connectivity index (χ3v) is 4.73. The lowest BCUT2D eigenvalue weighted by Gasteiger charge is -2.15. The Labute approximate surface area is 139 Å². The highest BCUT2D eigenvalue weighted by Crippen LogP contribution is 2.33. The van der Waals surface area contributed by atoms with Gasteiger partial charge in [-0.3, -0.25) is 4.79 Å². The van der Waals surface area contributed by atoms with E-state index >= 15 is 0 Å². The highest BCUT2D eigenvalue weighted by molar-refractivity contribution is 6.49. The van der Waals surface area contributed by atoms with E-state index in [0.717, 1.165) is 11.1 Å². The molecule has 2 N–H and O–H groups in total. The molecule has 0 radical (unpaired) electrons. The van der Waals surface area contributed by atoms with Crippen LogP contribution in [0, 0.1) is 13.8 Å². The molecule has 1 aliphatic heterocycles. The van der Waals surface area contributed by atoms with Gasteiger partial charge >= 0.3 is 0 Å². The lowest BCUT2D eigenvalue weighted by Crippen LogP contribution is -2.22. The number of hydrogen-bond donors (Lipinski definition) is 2. The van der Waals surface area contributed by atoms with Crippen LogP contribution in [0.3, 0.4) is 0 Å². The Morgan fingerprint density at radius 1 is 1.30 bits per heavy atom. The molecule has 2 aromatic carbocycles. The number of benzene rings is 2. The van der Waals surface area contributed by atoms with Gasteiger partial charge in [-0.25, -0.2) is 0 Å². The average molecular weight is 329 g/mol. The molecule has 0 aromatic heterocycles. The van der Waals surface area contributed by atoms with Gasteiger partial charge in [-0.2, -0.15) is 5.10 Å². The molecule has 0 bridgehead atoms. The molecule has 0 fully saturated rings. The van der Waals surface area contributed by atoms with Gasteiger partial charge in [0.15, 0.2) is 0 Å². The fraction of sp³-hybridized carbons (Fsp3) is 0.222. The fourth-order valence-electron chi connectivity index (χ4n) is 2.92. The van der Waals surface area contributed by atoms with E-state index in [4.69, 9.17) is 11.6 Å². The van der Waals surface area contributed by atoms with Crippen molar-refractivity contribution in [1.29, 1.82) is 0 Å². The first kappa shape index (κ1) is 15.6. The monoisotopic (exact) mass is 328 g/mol. The van der Waals surface area contributed by atoms with Gasteiger partial charge in [-0.05, 0) is 36.6 Å². The summed E-state index contributed by atoms with van der Waals surface area (Å²) in [6.45, 7) is 4.10. The molecule has 3 rings (SSSR count). The van der Waals surface area contributed by atoms with E-state index in [1.807, 2.05) is 30.3 Å². The summed E-state index contributed by atoms with van der Waals surface area (Å²) >= 11 is 6.24. The van der Waals surface area contributed by atoms with Crippen molar-refractivity contribution in [2.75, 3.05) is 6.54 Å². The van der Waals surface area contributed by atoms with Gasteiger partial charge in [0.05, 0.1) is 11.5 Å². The molecule has 0 amide bonds. The maximum atomic E-state index is 12.9. The van der Waals surface area contributed by atoms with Gasteiger partial charge in [0, 0.05) is 11.6 Å². The van der Waals surface area contributed by atoms with E-state index in [1.54, 1.807) is 13.8 Å². The van der Waals surface area contributed by atoms with Crippen LogP contribution >= 0.6 is 11.6 Å². The molecule has 0 saturated heterocycles. The van der Waals surface area contributed by atoms with E-state index in [-0.39, 0.29) is 23.0 Å². The number of halogens is 1. The van der Waals surface area contributed by atoms with Gasteiger partial charge in [0.2, 0.25) is 5.78 Å². The fourth-order valence-corrected chi connectivity index (χ4v) is 3.07. The van der Waals surface area contributed by atoms with E-state index in [1.165, 1.54) is 6.07 Å². The molecule has 0 spiro atoms. The second kappa shape index (κ2) is 6.05. The second-order valence-electron chi connectivity index (χ2n) is 5.68. The zero-order chi connectivity index (χ0) is 16.6. The smallest absolute Gasteiger partial charge is 0.213 e. The Bertz CT molecular complexity index is 800. The average Bonchev–Trinajstić information content (AvgIpc) is 3.03. The molecule has 0 aliphatic carbocycles. The summed E-state index contributed by atoms with van der Waals surface area (Å²) in [5.41, 5.74) is 5.85. The summed E-state index contributed by atoms with van der Waals surface area (Å²) in [7, 11) is 0. The maximum Gasteiger partial charge on any atom is 0.213 e. The molecule has 118 valence electrons. The Kier molecular flexibility index (Phi) is 4.09. The number of phenolic OH excluding ortho intramolecular Hbond substituents is 1. The maximum absolute atomic E-state index is 12.9. The summed E-state index contributed by atoms with van der Waals surface area (Å²) in [6, 6.07) is 11.2. The van der Waals surface area contributed by atoms with Crippen molar-refractivity contribution in [2.45, 2.75) is 19.8 Å². The molecule has 1 atom stereocenters. The Morgan fingerprint density at radius 3 is 2.70 bits per heavy atom. The van der Waals surface area contributed by atoms with Crippen molar-refractivity contribution in [3.63, 3.8) is 0 Å². The SMILES string of the molecule is Cc1cc(O)c(C(=O)C2=NNCC2c2ccccc2)c(C)c1Cl. The molecule has 1 heterocycles. The highest BCUT2D eigenvalue weighted by Gasteiger charge is 2.32. The van der Waals surface area contributed by atoms with E-state index in [9.17, 15) is 9.90 Å². The normalized spacial score (nSPS) is 16.8. The first-order valence-electron chi connectivity index (χ1n) is 7.39. The van der Waals surface area contributed by atoms with Gasteiger partial charge in [-0.1, -0.05) is 41.9 Å². The summed E-state index contributed by atoms with van der Waals surface area (Å²) in [5.74, 6) is -0.487. The molecule has 4 nitrogen and oxygen atoms in total. The van der Waals surface area contributed by atoms with Crippen LogP contribution in [-0.2, 0) is 0 Å². The van der Waals surface area contributed by atoms with Gasteiger partial charge < -0.3 is 10.5 Å². The number of carbonyl (C=O) groups is 1. The molecule has 1 aliphatic rings. The van der Waals surface area contributed by atoms with Gasteiger partial charge in [0.25, 0.3) is 0 Å². The number of nitrogens with one attached hydrogen (secondary N) is 1. The van der Waals surface area contributed by atoms with Crippen LogP contribution in [0.4, 0.5) is 0 Å². The number of Topliss-reactive ketones (excluding diaryl/α,β-unsaturated/α-hetero) is 1. The van der Waals surface area contributed by atoms with E-state index < -0.39 is 0 Å². The third kappa shape index (κ3) is 2.70. The Balaban J connectivity index is 2.03. The highest BCUT2D eigenvalue weighted by atomic mass is 35.5. The number of aromatic hydroxyl groups is 1. The van der Waals surface area contributed by atoms with Crippen molar-refractivity contribution in [2.24, 2.45) is 5.10 Å². The minimum Gasteiger partial charge on any atom is -0.507 e. The number of hydrogen-bond acceptors (Lipinski definition) is 4. The van der Waals surface area contributed by atoms with Crippen molar-refractivity contribution in [3.05, 3.63) is 63.7 Å². The number of aryl methyl sites for hydroxylation is 1. The quantitative estimate of drug-likeness (QED) is 0.846. The lowest BCUT2D eigenvalue weighted by atomic mass is 9.88. The lowest BCUT2D eigenvalue weighted by molar-refractivity contribution is 0.106. The van der Waals surface area contributed by atoms with Crippen molar-refractivity contribution >= 4 is 23.1 Å². The van der Waals surface area contributed by atoms with Crippen molar-refractivity contribution in [1.82, 2.24) is 5.43 Å². The van der Waals surface area contributed by atoms with Crippen molar-refractivity contribution < 1.29 is 9.90 Å². The van der Waals surface area contributed by atoms with Crippen LogP contribution in [0.5, 0.6) is 5.75 Å². The van der Waals surface area contributed by atoms with Crippen LogP contribution in [0.1, 0.15) is 33.0 Å². The zero-order valence-corrected chi connectivity index (χ0v) is 13.7. The summed E-state index contributed by atoms with van der Waals surface area (Å²) in [6.07, 6.45) is 0. The molecule has 0 saturated carbocycles. The van der Waals surface area contributed by atoms with Crippen LogP contribution in [0.15, 0.2) is 41.5 Å². The van der Waals surface area contributed by atoms with Crippen LogP contribution < -0.4 is 5.43 Å². The van der Waals surface area contributed by atoms with E-state index in [2.05, 4.69) is 10.5 Å². The Hall–Kier alpha value is -2.33. The summed E-state index contributed by atoms with van der Waals surface area (Å²) in [5, 5.41) is 14.9.